The van der Waals surface area contributed by atoms with Crippen molar-refractivity contribution in [2.45, 2.75) is 37.5 Å². The lowest BCUT2D eigenvalue weighted by molar-refractivity contribution is 0.449. The van der Waals surface area contributed by atoms with Crippen LogP contribution in [-0.2, 0) is 10.0 Å². The Bertz CT molecular complexity index is 655. The molecule has 5 nitrogen and oxygen atoms in total. The Morgan fingerprint density at radius 1 is 1.43 bits per heavy atom. The smallest absolute Gasteiger partial charge is 0.242 e. The van der Waals surface area contributed by atoms with Gasteiger partial charge in [-0.3, -0.25) is 4.98 Å². The summed E-state index contributed by atoms with van der Waals surface area (Å²) in [6.45, 7) is 2.86. The summed E-state index contributed by atoms with van der Waals surface area (Å²) in [4.78, 5) is 4.09. The van der Waals surface area contributed by atoms with E-state index in [2.05, 4.69) is 28.5 Å². The van der Waals surface area contributed by atoms with Crippen molar-refractivity contribution in [3.05, 3.63) is 24.0 Å². The molecule has 0 radical (unpaired) electrons. The second-order valence-corrected chi connectivity index (χ2v) is 7.26. The number of nitrogens with two attached hydrogens (primary N) is 1. The minimum atomic E-state index is -3.53. The van der Waals surface area contributed by atoms with Crippen LogP contribution in [0.5, 0.6) is 0 Å². The van der Waals surface area contributed by atoms with Gasteiger partial charge in [-0.05, 0) is 30.7 Å². The molecule has 1 aliphatic rings. The number of nitrogens with one attached hydrogen (secondary N) is 1. The number of sulfonamides is 1. The third-order valence-electron chi connectivity index (χ3n) is 3.73. The van der Waals surface area contributed by atoms with Gasteiger partial charge < -0.3 is 5.73 Å². The lowest BCUT2D eigenvalue weighted by Gasteiger charge is -2.15. The van der Waals surface area contributed by atoms with Crippen LogP contribution in [0, 0.1) is 17.3 Å². The van der Waals surface area contributed by atoms with Crippen molar-refractivity contribution < 1.29 is 8.42 Å². The predicted octanol–water partition coefficient (Wildman–Crippen LogP) is 1.25. The number of aromatic nitrogens is 1. The van der Waals surface area contributed by atoms with E-state index in [9.17, 15) is 8.42 Å². The molecule has 0 amide bonds. The fourth-order valence-electron chi connectivity index (χ4n) is 2.34. The van der Waals surface area contributed by atoms with Crippen molar-refractivity contribution in [3.63, 3.8) is 0 Å². The van der Waals surface area contributed by atoms with Crippen LogP contribution in [0.25, 0.3) is 0 Å². The van der Waals surface area contributed by atoms with Crippen molar-refractivity contribution in [2.24, 2.45) is 11.1 Å². The third kappa shape index (κ3) is 4.27. The zero-order valence-corrected chi connectivity index (χ0v) is 13.0. The van der Waals surface area contributed by atoms with Crippen LogP contribution in [0.3, 0.4) is 0 Å². The Hall–Kier alpha value is -1.42. The molecule has 1 saturated carbocycles. The average molecular weight is 307 g/mol. The number of rotatable bonds is 6. The van der Waals surface area contributed by atoms with Crippen LogP contribution >= 0.6 is 0 Å². The highest BCUT2D eigenvalue weighted by atomic mass is 32.2. The molecule has 21 heavy (non-hydrogen) atoms. The maximum atomic E-state index is 12.3. The highest BCUT2D eigenvalue weighted by Crippen LogP contribution is 2.49. The second kappa shape index (κ2) is 6.56. The van der Waals surface area contributed by atoms with Gasteiger partial charge in [-0.15, -0.1) is 0 Å². The van der Waals surface area contributed by atoms with E-state index in [1.54, 1.807) is 0 Å². The Morgan fingerprint density at radius 3 is 2.81 bits per heavy atom. The number of hydrogen-bond acceptors (Lipinski definition) is 4. The van der Waals surface area contributed by atoms with E-state index < -0.39 is 10.0 Å². The lowest BCUT2D eigenvalue weighted by Crippen LogP contribution is -2.30. The minimum Gasteiger partial charge on any atom is -0.320 e. The van der Waals surface area contributed by atoms with Crippen LogP contribution in [0.1, 0.15) is 38.2 Å². The molecule has 1 aromatic rings. The molecule has 0 aromatic carbocycles. The molecule has 1 aliphatic carbocycles. The summed E-state index contributed by atoms with van der Waals surface area (Å²) in [5.74, 6) is 5.48. The number of nitrogens with zero attached hydrogens (tertiary/aromatic N) is 1. The molecule has 0 unspecified atom stereocenters. The van der Waals surface area contributed by atoms with Crippen LogP contribution in [0.4, 0.5) is 0 Å². The minimum absolute atomic E-state index is 0.151. The molecular formula is C15H21N3O2S. The molecule has 3 N–H and O–H groups in total. The van der Waals surface area contributed by atoms with Crippen LogP contribution in [-0.4, -0.2) is 26.5 Å². The highest BCUT2D eigenvalue weighted by molar-refractivity contribution is 7.89. The molecule has 0 atom stereocenters. The first-order valence-electron chi connectivity index (χ1n) is 7.15. The van der Waals surface area contributed by atoms with Crippen molar-refractivity contribution in [1.29, 1.82) is 0 Å². The zero-order valence-electron chi connectivity index (χ0n) is 12.2. The number of hydrogen-bond donors (Lipinski definition) is 2. The van der Waals surface area contributed by atoms with Gasteiger partial charge in [-0.1, -0.05) is 25.2 Å². The monoisotopic (exact) mass is 307 g/mol. The molecule has 0 aliphatic heterocycles. The molecule has 1 fully saturated rings. The van der Waals surface area contributed by atoms with Gasteiger partial charge in [0.15, 0.2) is 0 Å². The molecule has 2 rings (SSSR count). The Kier molecular flexibility index (Phi) is 4.99. The molecule has 1 heterocycles. The fraction of sp³-hybridized carbons (Fsp3) is 0.533. The van der Waals surface area contributed by atoms with Crippen molar-refractivity contribution in [2.75, 3.05) is 13.1 Å². The standard InChI is InChI=1S/C15H21N3O2S/c1-2-5-15(6-7-15)12-18-21(19,20)14-9-13(4-3-8-16)10-17-11-14/h9-11,18H,2,5-8,12,16H2,1H3. The van der Waals surface area contributed by atoms with E-state index >= 15 is 0 Å². The van der Waals surface area contributed by atoms with E-state index in [4.69, 9.17) is 5.73 Å². The van der Waals surface area contributed by atoms with Gasteiger partial charge in [0.2, 0.25) is 10.0 Å². The molecule has 0 bridgehead atoms. The van der Waals surface area contributed by atoms with Gasteiger partial charge in [0.1, 0.15) is 4.90 Å². The first kappa shape index (κ1) is 16.0. The van der Waals surface area contributed by atoms with Gasteiger partial charge in [0.25, 0.3) is 0 Å². The largest absolute Gasteiger partial charge is 0.320 e. The topological polar surface area (TPSA) is 85.1 Å². The van der Waals surface area contributed by atoms with E-state index in [0.717, 1.165) is 25.7 Å². The molecule has 0 spiro atoms. The average Bonchev–Trinajstić information content (AvgIpc) is 3.24. The summed E-state index contributed by atoms with van der Waals surface area (Å²) >= 11 is 0. The first-order chi connectivity index (χ1) is 10.0. The van der Waals surface area contributed by atoms with Crippen LogP contribution in [0.2, 0.25) is 0 Å². The number of pyridine rings is 1. The summed E-state index contributed by atoms with van der Waals surface area (Å²) in [6, 6.07) is 1.53. The van der Waals surface area contributed by atoms with E-state index in [1.807, 2.05) is 0 Å². The van der Waals surface area contributed by atoms with E-state index in [1.165, 1.54) is 18.5 Å². The van der Waals surface area contributed by atoms with Crippen molar-refractivity contribution in [3.8, 4) is 11.8 Å². The van der Waals surface area contributed by atoms with Gasteiger partial charge in [0.05, 0.1) is 6.54 Å². The predicted molar refractivity (Wildman–Crippen MR) is 81.9 cm³/mol. The van der Waals surface area contributed by atoms with E-state index in [0.29, 0.717) is 12.1 Å². The summed E-state index contributed by atoms with van der Waals surface area (Å²) in [6.07, 6.45) is 7.22. The second-order valence-electron chi connectivity index (χ2n) is 5.49. The van der Waals surface area contributed by atoms with Gasteiger partial charge >= 0.3 is 0 Å². The van der Waals surface area contributed by atoms with Crippen molar-refractivity contribution >= 4 is 10.0 Å². The van der Waals surface area contributed by atoms with E-state index in [-0.39, 0.29) is 16.9 Å². The maximum Gasteiger partial charge on any atom is 0.242 e. The van der Waals surface area contributed by atoms with Gasteiger partial charge in [0, 0.05) is 24.5 Å². The molecule has 6 heteroatoms. The van der Waals surface area contributed by atoms with Crippen LogP contribution in [0.15, 0.2) is 23.4 Å². The Morgan fingerprint density at radius 2 is 2.19 bits per heavy atom. The lowest BCUT2D eigenvalue weighted by atomic mass is 10.0. The Labute approximate surface area is 126 Å². The van der Waals surface area contributed by atoms with Gasteiger partial charge in [-0.2, -0.15) is 0 Å². The molecule has 1 aromatic heterocycles. The normalized spacial score (nSPS) is 16.1. The fourth-order valence-corrected chi connectivity index (χ4v) is 3.49. The first-order valence-corrected chi connectivity index (χ1v) is 8.63. The molecule has 0 saturated heterocycles. The summed E-state index contributed by atoms with van der Waals surface area (Å²) in [7, 11) is -3.53. The molecule has 114 valence electrons. The maximum absolute atomic E-state index is 12.3. The SMILES string of the molecule is CCCC1(CNS(=O)(=O)c2cncc(C#CCN)c2)CC1. The third-order valence-corrected chi connectivity index (χ3v) is 5.10. The molecular weight excluding hydrogens is 286 g/mol. The quantitative estimate of drug-likeness (QED) is 0.775. The summed E-state index contributed by atoms with van der Waals surface area (Å²) < 4.78 is 27.3. The zero-order chi connectivity index (χ0) is 15.3. The highest BCUT2D eigenvalue weighted by Gasteiger charge is 2.42. The van der Waals surface area contributed by atoms with Crippen molar-refractivity contribution in [1.82, 2.24) is 9.71 Å². The summed E-state index contributed by atoms with van der Waals surface area (Å²) in [5.41, 5.74) is 6.03. The van der Waals surface area contributed by atoms with Crippen LogP contribution < -0.4 is 10.5 Å². The Balaban J connectivity index is 2.09. The van der Waals surface area contributed by atoms with Gasteiger partial charge in [-0.25, -0.2) is 13.1 Å². The summed E-state index contributed by atoms with van der Waals surface area (Å²) in [5, 5.41) is 0.